The minimum atomic E-state index is -0.676. The Kier molecular flexibility index (Phi) is 6.26. The lowest BCUT2D eigenvalue weighted by Crippen LogP contribution is -2.34. The summed E-state index contributed by atoms with van der Waals surface area (Å²) in [6.45, 7) is 2.84. The van der Waals surface area contributed by atoms with Crippen molar-refractivity contribution >= 4 is 17.5 Å². The Hall–Kier alpha value is -2.22. The zero-order chi connectivity index (χ0) is 19.4. The largest absolute Gasteiger partial charge is 0.492 e. The lowest BCUT2D eigenvalue weighted by molar-refractivity contribution is -0.125. The molecule has 0 spiro atoms. The van der Waals surface area contributed by atoms with Crippen molar-refractivity contribution in [2.75, 3.05) is 13.2 Å². The molecule has 27 heavy (non-hydrogen) atoms. The van der Waals surface area contributed by atoms with Gasteiger partial charge in [0.15, 0.2) is 0 Å². The summed E-state index contributed by atoms with van der Waals surface area (Å²) in [4.78, 5) is 12.6. The Morgan fingerprint density at radius 1 is 1.26 bits per heavy atom. The summed E-state index contributed by atoms with van der Waals surface area (Å²) >= 11 is 6.24. The average Bonchev–Trinajstić information content (AvgIpc) is 3.10. The predicted molar refractivity (Wildman–Crippen MR) is 98.2 cm³/mol. The van der Waals surface area contributed by atoms with E-state index in [2.05, 4.69) is 16.2 Å². The van der Waals surface area contributed by atoms with E-state index in [0.29, 0.717) is 29.5 Å². The van der Waals surface area contributed by atoms with Crippen LogP contribution >= 0.6 is 11.6 Å². The van der Waals surface area contributed by atoms with Gasteiger partial charge in [-0.25, -0.2) is 14.2 Å². The van der Waals surface area contributed by atoms with E-state index in [0.717, 1.165) is 11.6 Å². The summed E-state index contributed by atoms with van der Waals surface area (Å²) < 4.78 is 32.0. The molecule has 0 bridgehead atoms. The fraction of sp³-hybridized carbons (Fsp3) is 0.316. The maximum absolute atomic E-state index is 13.3. The fourth-order valence-electron chi connectivity index (χ4n) is 3.07. The number of carbonyl (C=O) groups excluding carboxylic acids is 1. The molecule has 5 nitrogen and oxygen atoms in total. The molecule has 0 saturated carbocycles. The summed E-state index contributed by atoms with van der Waals surface area (Å²) in [6.07, 6.45) is 0. The van der Waals surface area contributed by atoms with Crippen LogP contribution in [-0.4, -0.2) is 19.1 Å². The molecule has 0 aliphatic carbocycles. The number of hydrogen-bond acceptors (Lipinski definition) is 4. The molecule has 3 rings (SSSR count). The van der Waals surface area contributed by atoms with Gasteiger partial charge < -0.3 is 10.1 Å². The molecule has 2 aromatic rings. The van der Waals surface area contributed by atoms with Crippen LogP contribution in [-0.2, 0) is 11.3 Å². The molecule has 1 aliphatic heterocycles. The molecule has 2 unspecified atom stereocenters. The smallest absolute Gasteiger partial charge is 0.226 e. The maximum atomic E-state index is 13.3. The Morgan fingerprint density at radius 3 is 2.67 bits per heavy atom. The monoisotopic (exact) mass is 395 g/mol. The Labute approximate surface area is 161 Å². The molecule has 1 aliphatic rings. The summed E-state index contributed by atoms with van der Waals surface area (Å²) in [6, 6.07) is 8.27. The first kappa shape index (κ1) is 19.5. The average molecular weight is 396 g/mol. The quantitative estimate of drug-likeness (QED) is 0.703. The molecule has 1 saturated heterocycles. The minimum Gasteiger partial charge on any atom is -0.492 e. The van der Waals surface area contributed by atoms with Crippen molar-refractivity contribution in [1.29, 1.82) is 0 Å². The Morgan fingerprint density at radius 2 is 2.00 bits per heavy atom. The number of hydrazine groups is 1. The molecule has 2 aromatic carbocycles. The van der Waals surface area contributed by atoms with Crippen molar-refractivity contribution in [2.45, 2.75) is 19.5 Å². The number of ether oxygens (including phenoxy) is 1. The van der Waals surface area contributed by atoms with Gasteiger partial charge in [0.2, 0.25) is 5.91 Å². The van der Waals surface area contributed by atoms with Gasteiger partial charge in [-0.05, 0) is 42.3 Å². The highest BCUT2D eigenvalue weighted by atomic mass is 35.5. The van der Waals surface area contributed by atoms with Gasteiger partial charge in [0, 0.05) is 19.2 Å². The highest BCUT2D eigenvalue weighted by molar-refractivity contribution is 6.32. The first-order chi connectivity index (χ1) is 13.0. The molecule has 1 fully saturated rings. The van der Waals surface area contributed by atoms with Gasteiger partial charge in [0.05, 0.1) is 23.6 Å². The molecule has 1 amide bonds. The molecule has 0 radical (unpaired) electrons. The number of nitrogens with one attached hydrogen (secondary N) is 3. The summed E-state index contributed by atoms with van der Waals surface area (Å²) in [5.74, 6) is -1.40. The zero-order valence-electron chi connectivity index (χ0n) is 14.7. The second-order valence-corrected chi connectivity index (χ2v) is 6.63. The zero-order valence-corrected chi connectivity index (χ0v) is 15.4. The van der Waals surface area contributed by atoms with Crippen molar-refractivity contribution in [3.05, 3.63) is 64.2 Å². The Balaban J connectivity index is 1.68. The van der Waals surface area contributed by atoms with Crippen LogP contribution in [0.3, 0.4) is 0 Å². The molecule has 3 N–H and O–H groups in total. The number of carbonyl (C=O) groups is 1. The molecule has 1 heterocycles. The lowest BCUT2D eigenvalue weighted by Gasteiger charge is -2.19. The van der Waals surface area contributed by atoms with Crippen LogP contribution in [0.4, 0.5) is 8.78 Å². The molecule has 144 valence electrons. The standard InChI is InChI=1S/C19H20ClF2N3O2/c1-2-27-17-4-3-12(7-16(17)20)18-15(10-24-25-18)19(26)23-9-11-5-13(21)8-14(22)6-11/h3-8,15,18,24-25H,2,9-10H2,1H3,(H,23,26). The van der Waals surface area contributed by atoms with Crippen molar-refractivity contribution in [3.8, 4) is 5.75 Å². The van der Waals surface area contributed by atoms with Crippen LogP contribution in [0.25, 0.3) is 0 Å². The molecular formula is C19H20ClF2N3O2. The number of benzene rings is 2. The first-order valence-corrected chi connectivity index (χ1v) is 8.99. The van der Waals surface area contributed by atoms with E-state index < -0.39 is 17.6 Å². The number of rotatable bonds is 6. The van der Waals surface area contributed by atoms with E-state index in [4.69, 9.17) is 16.3 Å². The third-order valence-electron chi connectivity index (χ3n) is 4.32. The van der Waals surface area contributed by atoms with Crippen molar-refractivity contribution < 1.29 is 18.3 Å². The van der Waals surface area contributed by atoms with Gasteiger partial charge >= 0.3 is 0 Å². The fourth-order valence-corrected chi connectivity index (χ4v) is 3.32. The van der Waals surface area contributed by atoms with Crippen molar-refractivity contribution in [2.24, 2.45) is 5.92 Å². The normalized spacial score (nSPS) is 19.1. The third kappa shape index (κ3) is 4.74. The maximum Gasteiger partial charge on any atom is 0.226 e. The van der Waals surface area contributed by atoms with E-state index in [-0.39, 0.29) is 18.5 Å². The van der Waals surface area contributed by atoms with E-state index in [1.165, 1.54) is 12.1 Å². The second kappa shape index (κ2) is 8.65. The number of amides is 1. The highest BCUT2D eigenvalue weighted by Crippen LogP contribution is 2.32. The summed E-state index contributed by atoms with van der Waals surface area (Å²) in [5, 5.41) is 3.20. The van der Waals surface area contributed by atoms with Gasteiger partial charge in [0.25, 0.3) is 0 Å². The van der Waals surface area contributed by atoms with Crippen LogP contribution in [0, 0.1) is 17.6 Å². The Bertz CT molecular complexity index is 814. The molecular weight excluding hydrogens is 376 g/mol. The number of halogens is 3. The predicted octanol–water partition coefficient (Wildman–Crippen LogP) is 3.10. The van der Waals surface area contributed by atoms with Gasteiger partial charge in [-0.1, -0.05) is 17.7 Å². The van der Waals surface area contributed by atoms with E-state index in [1.54, 1.807) is 12.1 Å². The summed E-state index contributed by atoms with van der Waals surface area (Å²) in [5.41, 5.74) is 7.24. The topological polar surface area (TPSA) is 62.4 Å². The SMILES string of the molecule is CCOc1ccc(C2NNCC2C(=O)NCc2cc(F)cc(F)c2)cc1Cl. The molecule has 2 atom stereocenters. The van der Waals surface area contributed by atoms with Crippen LogP contribution in [0.1, 0.15) is 24.1 Å². The van der Waals surface area contributed by atoms with Crippen LogP contribution < -0.4 is 20.9 Å². The third-order valence-corrected chi connectivity index (χ3v) is 4.62. The second-order valence-electron chi connectivity index (χ2n) is 6.23. The molecule has 8 heteroatoms. The first-order valence-electron chi connectivity index (χ1n) is 8.61. The highest BCUT2D eigenvalue weighted by Gasteiger charge is 2.34. The van der Waals surface area contributed by atoms with Crippen LogP contribution in [0.5, 0.6) is 5.75 Å². The summed E-state index contributed by atoms with van der Waals surface area (Å²) in [7, 11) is 0. The van der Waals surface area contributed by atoms with Gasteiger partial charge in [-0.2, -0.15) is 0 Å². The van der Waals surface area contributed by atoms with E-state index >= 15 is 0 Å². The van der Waals surface area contributed by atoms with Gasteiger partial charge in [-0.15, -0.1) is 0 Å². The van der Waals surface area contributed by atoms with Gasteiger partial charge in [-0.3, -0.25) is 10.2 Å². The number of hydrogen-bond donors (Lipinski definition) is 3. The van der Waals surface area contributed by atoms with E-state index in [1.807, 2.05) is 13.0 Å². The van der Waals surface area contributed by atoms with Crippen molar-refractivity contribution in [3.63, 3.8) is 0 Å². The van der Waals surface area contributed by atoms with Crippen LogP contribution in [0.2, 0.25) is 5.02 Å². The van der Waals surface area contributed by atoms with E-state index in [9.17, 15) is 13.6 Å². The van der Waals surface area contributed by atoms with Crippen molar-refractivity contribution in [1.82, 2.24) is 16.2 Å². The van der Waals surface area contributed by atoms with Gasteiger partial charge in [0.1, 0.15) is 17.4 Å². The minimum absolute atomic E-state index is 0.0424. The van der Waals surface area contributed by atoms with Crippen LogP contribution in [0.15, 0.2) is 36.4 Å². The molecule has 0 aromatic heterocycles. The lowest BCUT2D eigenvalue weighted by atomic mass is 9.94.